The largest absolute Gasteiger partial charge is 0.0883 e. The molecule has 0 amide bonds. The van der Waals surface area contributed by atoms with E-state index < -0.39 is 0 Å². The molecule has 2 fully saturated rings. The standard InChI is InChI=1S/C20H34/c1-3-5-7-9-17-11-13-20-16-18(10-8-6-4-2)12-14-19(20)15-17/h7-10,17-20H,3-6,11-16H2,1-2H3/t17-,18?,19?,20-/m1/s1. The van der Waals surface area contributed by atoms with Gasteiger partial charge in [0.15, 0.2) is 0 Å². The summed E-state index contributed by atoms with van der Waals surface area (Å²) >= 11 is 0. The molecule has 114 valence electrons. The molecule has 0 heterocycles. The topological polar surface area (TPSA) is 0 Å². The highest BCUT2D eigenvalue weighted by atomic mass is 14.4. The summed E-state index contributed by atoms with van der Waals surface area (Å²) in [6.07, 6.45) is 23.9. The van der Waals surface area contributed by atoms with Gasteiger partial charge < -0.3 is 0 Å². The average Bonchev–Trinajstić information content (AvgIpc) is 2.48. The molecule has 0 saturated heterocycles. The highest BCUT2D eigenvalue weighted by molar-refractivity contribution is 4.98. The van der Waals surface area contributed by atoms with Crippen LogP contribution in [0.15, 0.2) is 24.3 Å². The maximum atomic E-state index is 2.53. The summed E-state index contributed by atoms with van der Waals surface area (Å²) in [5.74, 6) is 3.87. The highest BCUT2D eigenvalue weighted by Gasteiger charge is 2.33. The van der Waals surface area contributed by atoms with Gasteiger partial charge >= 0.3 is 0 Å². The Kier molecular flexibility index (Phi) is 6.90. The van der Waals surface area contributed by atoms with Gasteiger partial charge in [-0.05, 0) is 75.0 Å². The van der Waals surface area contributed by atoms with Crippen molar-refractivity contribution in [2.75, 3.05) is 0 Å². The van der Waals surface area contributed by atoms with E-state index in [2.05, 4.69) is 38.2 Å². The Bertz CT molecular complexity index is 280. The molecule has 2 rings (SSSR count). The van der Waals surface area contributed by atoms with Gasteiger partial charge in [0, 0.05) is 0 Å². The average molecular weight is 274 g/mol. The van der Waals surface area contributed by atoms with E-state index in [1.807, 2.05) is 0 Å². The van der Waals surface area contributed by atoms with Gasteiger partial charge in [0.1, 0.15) is 0 Å². The summed E-state index contributed by atoms with van der Waals surface area (Å²) in [5.41, 5.74) is 0. The van der Waals surface area contributed by atoms with E-state index in [1.54, 1.807) is 0 Å². The molecule has 0 aromatic rings. The van der Waals surface area contributed by atoms with Gasteiger partial charge in [0.2, 0.25) is 0 Å². The van der Waals surface area contributed by atoms with Crippen molar-refractivity contribution in [2.24, 2.45) is 23.7 Å². The fourth-order valence-electron chi connectivity index (χ4n) is 4.22. The number of hydrogen-bond donors (Lipinski definition) is 0. The molecule has 0 nitrogen and oxygen atoms in total. The third-order valence-corrected chi connectivity index (χ3v) is 5.42. The quantitative estimate of drug-likeness (QED) is 0.483. The first kappa shape index (κ1) is 15.9. The predicted octanol–water partition coefficient (Wildman–Crippen LogP) is 6.53. The molecule has 0 bridgehead atoms. The molecule has 0 aliphatic heterocycles. The van der Waals surface area contributed by atoms with Crippen LogP contribution in [0, 0.1) is 23.7 Å². The molecule has 0 aromatic carbocycles. The lowest BCUT2D eigenvalue weighted by Gasteiger charge is -2.41. The first-order chi connectivity index (χ1) is 9.83. The summed E-state index contributed by atoms with van der Waals surface area (Å²) in [4.78, 5) is 0. The van der Waals surface area contributed by atoms with E-state index in [-0.39, 0.29) is 0 Å². The van der Waals surface area contributed by atoms with Crippen molar-refractivity contribution in [2.45, 2.75) is 78.1 Å². The maximum absolute atomic E-state index is 2.53. The molecule has 2 aliphatic carbocycles. The molecule has 0 radical (unpaired) electrons. The third-order valence-electron chi connectivity index (χ3n) is 5.42. The van der Waals surface area contributed by atoms with Crippen LogP contribution in [0.3, 0.4) is 0 Å². The van der Waals surface area contributed by atoms with E-state index in [9.17, 15) is 0 Å². The van der Waals surface area contributed by atoms with Gasteiger partial charge in [-0.3, -0.25) is 0 Å². The lowest BCUT2D eigenvalue weighted by atomic mass is 9.65. The molecule has 0 N–H and O–H groups in total. The van der Waals surface area contributed by atoms with Crippen molar-refractivity contribution in [3.63, 3.8) is 0 Å². The number of unbranched alkanes of at least 4 members (excludes halogenated alkanes) is 2. The van der Waals surface area contributed by atoms with Crippen LogP contribution in [-0.2, 0) is 0 Å². The van der Waals surface area contributed by atoms with Crippen molar-refractivity contribution >= 4 is 0 Å². The number of hydrogen-bond acceptors (Lipinski definition) is 0. The number of allylic oxidation sites excluding steroid dienone is 4. The molecule has 2 saturated carbocycles. The summed E-state index contributed by atoms with van der Waals surface area (Å²) in [5, 5.41) is 0. The van der Waals surface area contributed by atoms with Gasteiger partial charge in [0.25, 0.3) is 0 Å². The Labute approximate surface area is 126 Å². The Morgan fingerprint density at radius 2 is 1.15 bits per heavy atom. The first-order valence-electron chi connectivity index (χ1n) is 9.16. The van der Waals surface area contributed by atoms with Crippen LogP contribution in [-0.4, -0.2) is 0 Å². The Morgan fingerprint density at radius 1 is 0.700 bits per heavy atom. The van der Waals surface area contributed by atoms with Gasteiger partial charge in [0.05, 0.1) is 0 Å². The van der Waals surface area contributed by atoms with Gasteiger partial charge in [-0.25, -0.2) is 0 Å². The Balaban J connectivity index is 1.77. The normalized spacial score (nSPS) is 34.7. The van der Waals surface area contributed by atoms with Crippen LogP contribution in [0.25, 0.3) is 0 Å². The summed E-state index contributed by atoms with van der Waals surface area (Å²) in [6.45, 7) is 4.54. The van der Waals surface area contributed by atoms with Crippen LogP contribution >= 0.6 is 0 Å². The molecule has 20 heavy (non-hydrogen) atoms. The van der Waals surface area contributed by atoms with Crippen LogP contribution in [0.1, 0.15) is 78.1 Å². The van der Waals surface area contributed by atoms with Crippen molar-refractivity contribution in [3.05, 3.63) is 24.3 Å². The zero-order chi connectivity index (χ0) is 14.2. The second-order valence-electron chi connectivity index (χ2n) is 7.10. The molecule has 2 aliphatic rings. The predicted molar refractivity (Wildman–Crippen MR) is 89.8 cm³/mol. The van der Waals surface area contributed by atoms with E-state index in [0.717, 1.165) is 23.7 Å². The minimum atomic E-state index is 0.898. The lowest BCUT2D eigenvalue weighted by Crippen LogP contribution is -2.30. The van der Waals surface area contributed by atoms with Crippen LogP contribution in [0.4, 0.5) is 0 Å². The minimum absolute atomic E-state index is 0.898. The lowest BCUT2D eigenvalue weighted by molar-refractivity contribution is 0.125. The van der Waals surface area contributed by atoms with Crippen molar-refractivity contribution in [1.29, 1.82) is 0 Å². The smallest absolute Gasteiger partial charge is 0.0231 e. The SMILES string of the molecule is CCCC=CC1CCC2C[C@H](C=CCCC)CC[C@@H]2C1. The molecule has 0 aromatic heterocycles. The van der Waals surface area contributed by atoms with Gasteiger partial charge in [-0.1, -0.05) is 51.0 Å². The second-order valence-corrected chi connectivity index (χ2v) is 7.10. The van der Waals surface area contributed by atoms with Crippen LogP contribution in [0.5, 0.6) is 0 Å². The fraction of sp³-hybridized carbons (Fsp3) is 0.800. The van der Waals surface area contributed by atoms with E-state index in [1.165, 1.54) is 64.2 Å². The molecular formula is C20H34. The fourth-order valence-corrected chi connectivity index (χ4v) is 4.22. The zero-order valence-corrected chi connectivity index (χ0v) is 13.7. The molecule has 4 atom stereocenters. The van der Waals surface area contributed by atoms with E-state index in [0.29, 0.717) is 0 Å². The van der Waals surface area contributed by atoms with Crippen molar-refractivity contribution in [3.8, 4) is 0 Å². The number of rotatable bonds is 6. The van der Waals surface area contributed by atoms with Crippen molar-refractivity contribution in [1.82, 2.24) is 0 Å². The Hall–Kier alpha value is -0.520. The van der Waals surface area contributed by atoms with Gasteiger partial charge in [-0.15, -0.1) is 0 Å². The van der Waals surface area contributed by atoms with Crippen molar-refractivity contribution < 1.29 is 0 Å². The number of fused-ring (bicyclic) bond motifs is 1. The molecule has 2 unspecified atom stereocenters. The third kappa shape index (κ3) is 4.79. The van der Waals surface area contributed by atoms with E-state index >= 15 is 0 Å². The summed E-state index contributed by atoms with van der Waals surface area (Å²) in [6, 6.07) is 0. The molecule has 0 heteroatoms. The minimum Gasteiger partial charge on any atom is -0.0883 e. The monoisotopic (exact) mass is 274 g/mol. The maximum Gasteiger partial charge on any atom is -0.0231 e. The summed E-state index contributed by atoms with van der Waals surface area (Å²) in [7, 11) is 0. The van der Waals surface area contributed by atoms with Crippen LogP contribution in [0.2, 0.25) is 0 Å². The van der Waals surface area contributed by atoms with Gasteiger partial charge in [-0.2, -0.15) is 0 Å². The van der Waals surface area contributed by atoms with Crippen LogP contribution < -0.4 is 0 Å². The highest BCUT2D eigenvalue weighted by Crippen LogP contribution is 2.45. The Morgan fingerprint density at radius 3 is 1.55 bits per heavy atom. The second kappa shape index (κ2) is 8.70. The molecular weight excluding hydrogens is 240 g/mol. The summed E-state index contributed by atoms with van der Waals surface area (Å²) < 4.78 is 0. The zero-order valence-electron chi connectivity index (χ0n) is 13.7. The molecule has 0 spiro atoms. The first-order valence-corrected chi connectivity index (χ1v) is 9.16. The van der Waals surface area contributed by atoms with E-state index in [4.69, 9.17) is 0 Å².